The summed E-state index contributed by atoms with van der Waals surface area (Å²) in [5.41, 5.74) is 6.70. The summed E-state index contributed by atoms with van der Waals surface area (Å²) < 4.78 is 0. The average molecular weight is 289 g/mol. The molecule has 0 atom stereocenters. The first kappa shape index (κ1) is 15.5. The van der Waals surface area contributed by atoms with Crippen molar-refractivity contribution in [3.8, 4) is 0 Å². The topological polar surface area (TPSA) is 75.4 Å². The molecule has 1 aromatic rings. The van der Waals surface area contributed by atoms with Gasteiger partial charge in [-0.2, -0.15) is 0 Å². The third-order valence-electron chi connectivity index (χ3n) is 4.23. The SMILES string of the molecule is CN(C)C(=O)c1ccc(NC(=O)C2(CN)CCCC2)cc1. The first-order chi connectivity index (χ1) is 9.98. The Morgan fingerprint density at radius 1 is 1.19 bits per heavy atom. The zero-order valence-corrected chi connectivity index (χ0v) is 12.7. The number of hydrogen-bond donors (Lipinski definition) is 2. The Labute approximate surface area is 125 Å². The largest absolute Gasteiger partial charge is 0.345 e. The molecule has 0 saturated heterocycles. The molecular formula is C16H23N3O2. The lowest BCUT2D eigenvalue weighted by Crippen LogP contribution is -2.40. The summed E-state index contributed by atoms with van der Waals surface area (Å²) in [6, 6.07) is 6.96. The number of benzene rings is 1. The standard InChI is InChI=1S/C16H23N3O2/c1-19(2)14(20)12-5-7-13(8-6-12)18-15(21)16(11-17)9-3-4-10-16/h5-8H,3-4,9-11,17H2,1-2H3,(H,18,21). The van der Waals surface area contributed by atoms with E-state index in [1.807, 2.05) is 0 Å². The van der Waals surface area contributed by atoms with Crippen molar-refractivity contribution in [1.29, 1.82) is 0 Å². The first-order valence-corrected chi connectivity index (χ1v) is 7.32. The Kier molecular flexibility index (Phi) is 4.63. The maximum absolute atomic E-state index is 12.4. The molecular weight excluding hydrogens is 266 g/mol. The summed E-state index contributed by atoms with van der Waals surface area (Å²) in [5, 5.41) is 2.93. The normalized spacial score (nSPS) is 16.5. The van der Waals surface area contributed by atoms with E-state index in [1.54, 1.807) is 38.4 Å². The second-order valence-electron chi connectivity index (χ2n) is 5.92. The maximum Gasteiger partial charge on any atom is 0.253 e. The number of nitrogens with zero attached hydrogens (tertiary/aromatic N) is 1. The van der Waals surface area contributed by atoms with E-state index in [2.05, 4.69) is 5.32 Å². The summed E-state index contributed by atoms with van der Waals surface area (Å²) in [7, 11) is 3.42. The highest BCUT2D eigenvalue weighted by atomic mass is 16.2. The van der Waals surface area contributed by atoms with Crippen molar-refractivity contribution in [1.82, 2.24) is 4.90 Å². The van der Waals surface area contributed by atoms with Gasteiger partial charge in [-0.25, -0.2) is 0 Å². The van der Waals surface area contributed by atoms with Crippen LogP contribution in [0.15, 0.2) is 24.3 Å². The summed E-state index contributed by atoms with van der Waals surface area (Å²) in [4.78, 5) is 25.8. The van der Waals surface area contributed by atoms with Crippen LogP contribution in [0.4, 0.5) is 5.69 Å². The molecule has 2 amide bonds. The minimum Gasteiger partial charge on any atom is -0.345 e. The molecule has 0 aliphatic heterocycles. The number of carbonyl (C=O) groups excluding carboxylic acids is 2. The van der Waals surface area contributed by atoms with Gasteiger partial charge in [-0.05, 0) is 37.1 Å². The molecule has 0 unspecified atom stereocenters. The zero-order chi connectivity index (χ0) is 15.5. The van der Waals surface area contributed by atoms with Crippen LogP contribution in [0, 0.1) is 5.41 Å². The van der Waals surface area contributed by atoms with Crippen LogP contribution in [0.1, 0.15) is 36.0 Å². The van der Waals surface area contributed by atoms with E-state index in [0.717, 1.165) is 25.7 Å². The average Bonchev–Trinajstić information content (AvgIpc) is 2.97. The van der Waals surface area contributed by atoms with Crippen molar-refractivity contribution in [2.45, 2.75) is 25.7 Å². The van der Waals surface area contributed by atoms with Gasteiger partial charge >= 0.3 is 0 Å². The van der Waals surface area contributed by atoms with Gasteiger partial charge < -0.3 is 16.0 Å². The van der Waals surface area contributed by atoms with Gasteiger partial charge in [-0.3, -0.25) is 9.59 Å². The predicted molar refractivity (Wildman–Crippen MR) is 83.0 cm³/mol. The van der Waals surface area contributed by atoms with Gasteiger partial charge in [-0.15, -0.1) is 0 Å². The maximum atomic E-state index is 12.4. The van der Waals surface area contributed by atoms with Crippen LogP contribution >= 0.6 is 0 Å². The molecule has 114 valence electrons. The van der Waals surface area contributed by atoms with Crippen LogP contribution in [0.25, 0.3) is 0 Å². The number of hydrogen-bond acceptors (Lipinski definition) is 3. The molecule has 0 radical (unpaired) electrons. The highest BCUT2D eigenvalue weighted by Crippen LogP contribution is 2.38. The van der Waals surface area contributed by atoms with Crippen molar-refractivity contribution in [3.05, 3.63) is 29.8 Å². The molecule has 3 N–H and O–H groups in total. The monoisotopic (exact) mass is 289 g/mol. The van der Waals surface area contributed by atoms with E-state index >= 15 is 0 Å². The van der Waals surface area contributed by atoms with Gasteiger partial charge in [0.1, 0.15) is 0 Å². The molecule has 5 heteroatoms. The first-order valence-electron chi connectivity index (χ1n) is 7.32. The number of anilines is 1. The van der Waals surface area contributed by atoms with Crippen LogP contribution in [0.2, 0.25) is 0 Å². The fourth-order valence-corrected chi connectivity index (χ4v) is 2.79. The second-order valence-corrected chi connectivity index (χ2v) is 5.92. The minimum absolute atomic E-state index is 0.00538. The number of amides is 2. The molecule has 0 heterocycles. The van der Waals surface area contributed by atoms with E-state index in [-0.39, 0.29) is 11.8 Å². The van der Waals surface area contributed by atoms with E-state index in [9.17, 15) is 9.59 Å². The number of nitrogens with two attached hydrogens (primary N) is 1. The minimum atomic E-state index is -0.419. The molecule has 2 rings (SSSR count). The Morgan fingerprint density at radius 3 is 2.24 bits per heavy atom. The van der Waals surface area contributed by atoms with Crippen molar-refractivity contribution in [3.63, 3.8) is 0 Å². The molecule has 0 bridgehead atoms. The van der Waals surface area contributed by atoms with Gasteiger partial charge in [0.2, 0.25) is 5.91 Å². The highest BCUT2D eigenvalue weighted by molar-refractivity contribution is 5.97. The fourth-order valence-electron chi connectivity index (χ4n) is 2.79. The molecule has 1 aliphatic carbocycles. The molecule has 1 aliphatic rings. The lowest BCUT2D eigenvalue weighted by atomic mass is 9.85. The van der Waals surface area contributed by atoms with Gasteiger partial charge in [-0.1, -0.05) is 12.8 Å². The lowest BCUT2D eigenvalue weighted by Gasteiger charge is -2.25. The summed E-state index contributed by atoms with van der Waals surface area (Å²) in [5.74, 6) is -0.0590. The van der Waals surface area contributed by atoms with Crippen molar-refractivity contribution in [2.75, 3.05) is 26.0 Å². The summed E-state index contributed by atoms with van der Waals surface area (Å²) >= 11 is 0. The fraction of sp³-hybridized carbons (Fsp3) is 0.500. The van der Waals surface area contributed by atoms with E-state index < -0.39 is 5.41 Å². The molecule has 5 nitrogen and oxygen atoms in total. The third kappa shape index (κ3) is 3.24. The quantitative estimate of drug-likeness (QED) is 0.888. The highest BCUT2D eigenvalue weighted by Gasteiger charge is 2.39. The van der Waals surface area contributed by atoms with Gasteiger partial charge in [0.15, 0.2) is 0 Å². The molecule has 1 aromatic carbocycles. The molecule has 0 spiro atoms. The van der Waals surface area contributed by atoms with Crippen molar-refractivity contribution < 1.29 is 9.59 Å². The lowest BCUT2D eigenvalue weighted by molar-refractivity contribution is -0.124. The Morgan fingerprint density at radius 2 is 1.76 bits per heavy atom. The Balaban J connectivity index is 2.06. The number of rotatable bonds is 4. The van der Waals surface area contributed by atoms with Crippen molar-refractivity contribution in [2.24, 2.45) is 11.1 Å². The van der Waals surface area contributed by atoms with Crippen LogP contribution in [0.5, 0.6) is 0 Å². The van der Waals surface area contributed by atoms with E-state index in [4.69, 9.17) is 5.73 Å². The zero-order valence-electron chi connectivity index (χ0n) is 12.7. The van der Waals surface area contributed by atoms with Crippen LogP contribution in [-0.4, -0.2) is 37.4 Å². The van der Waals surface area contributed by atoms with Crippen LogP contribution in [0.3, 0.4) is 0 Å². The summed E-state index contributed by atoms with van der Waals surface area (Å²) in [6.45, 7) is 0.385. The van der Waals surface area contributed by atoms with Crippen LogP contribution < -0.4 is 11.1 Å². The van der Waals surface area contributed by atoms with E-state index in [0.29, 0.717) is 17.8 Å². The molecule has 0 aromatic heterocycles. The number of carbonyl (C=O) groups is 2. The van der Waals surface area contributed by atoms with Gasteiger partial charge in [0, 0.05) is 31.9 Å². The summed E-state index contributed by atoms with van der Waals surface area (Å²) in [6.07, 6.45) is 3.82. The van der Waals surface area contributed by atoms with E-state index in [1.165, 1.54) is 4.90 Å². The smallest absolute Gasteiger partial charge is 0.253 e. The van der Waals surface area contributed by atoms with Crippen molar-refractivity contribution >= 4 is 17.5 Å². The Hall–Kier alpha value is -1.88. The Bertz CT molecular complexity index is 517. The second kappa shape index (κ2) is 6.26. The predicted octanol–water partition coefficient (Wildman–Crippen LogP) is 1.85. The third-order valence-corrected chi connectivity index (χ3v) is 4.23. The number of nitrogens with one attached hydrogen (secondary N) is 1. The van der Waals surface area contributed by atoms with Crippen LogP contribution in [-0.2, 0) is 4.79 Å². The molecule has 1 saturated carbocycles. The van der Waals surface area contributed by atoms with Gasteiger partial charge in [0.25, 0.3) is 5.91 Å². The molecule has 21 heavy (non-hydrogen) atoms. The van der Waals surface area contributed by atoms with Gasteiger partial charge in [0.05, 0.1) is 5.41 Å². The molecule has 1 fully saturated rings.